The molecule has 2 rings (SSSR count). The summed E-state index contributed by atoms with van der Waals surface area (Å²) in [5.41, 5.74) is 2.10. The molecule has 0 atom stereocenters. The minimum Gasteiger partial charge on any atom is -0.376 e. The van der Waals surface area contributed by atoms with E-state index in [0.717, 1.165) is 11.4 Å². The lowest BCUT2D eigenvalue weighted by molar-refractivity contribution is -0.118. The molecule has 0 radical (unpaired) electrons. The van der Waals surface area contributed by atoms with Gasteiger partial charge in [-0.1, -0.05) is 18.2 Å². The molecule has 0 aliphatic rings. The molecule has 0 saturated carbocycles. The highest BCUT2D eigenvalue weighted by Crippen LogP contribution is 2.12. The zero-order valence-corrected chi connectivity index (χ0v) is 11.7. The van der Waals surface area contributed by atoms with Crippen LogP contribution in [-0.4, -0.2) is 25.4 Å². The Morgan fingerprint density at radius 1 is 0.905 bits per heavy atom. The van der Waals surface area contributed by atoms with Crippen LogP contribution >= 0.6 is 0 Å². The molecule has 2 amide bonds. The van der Waals surface area contributed by atoms with Gasteiger partial charge in [0, 0.05) is 24.0 Å². The number of likely N-dealkylation sites (N-methyl/N-ethyl adjacent to an activating group) is 1. The van der Waals surface area contributed by atoms with Crippen LogP contribution in [0, 0.1) is 0 Å². The number of rotatable bonds is 5. The van der Waals surface area contributed by atoms with Gasteiger partial charge >= 0.3 is 0 Å². The summed E-state index contributed by atoms with van der Waals surface area (Å²) in [6, 6.07) is 16.2. The summed E-state index contributed by atoms with van der Waals surface area (Å²) in [4.78, 5) is 23.2. The van der Waals surface area contributed by atoms with Gasteiger partial charge in [0.1, 0.15) is 0 Å². The molecule has 0 fully saturated rings. The predicted octanol–water partition coefficient (Wildman–Crippen LogP) is 2.10. The van der Waals surface area contributed by atoms with Gasteiger partial charge in [-0.15, -0.1) is 0 Å². The van der Waals surface area contributed by atoms with E-state index >= 15 is 0 Å². The number of carbonyl (C=O) groups excluding carboxylic acids is 2. The van der Waals surface area contributed by atoms with E-state index in [-0.39, 0.29) is 18.4 Å². The molecular weight excluding hydrogens is 266 g/mol. The number of hydrogen-bond acceptors (Lipinski definition) is 3. The third-order valence-corrected chi connectivity index (χ3v) is 2.91. The summed E-state index contributed by atoms with van der Waals surface area (Å²) >= 11 is 0. The Morgan fingerprint density at radius 2 is 1.57 bits per heavy atom. The average molecular weight is 283 g/mol. The van der Waals surface area contributed by atoms with Crippen molar-refractivity contribution in [3.63, 3.8) is 0 Å². The summed E-state index contributed by atoms with van der Waals surface area (Å²) in [6.07, 6.45) is 0. The first-order chi connectivity index (χ1) is 10.2. The van der Waals surface area contributed by atoms with Crippen molar-refractivity contribution in [1.29, 1.82) is 0 Å². The predicted molar refractivity (Wildman–Crippen MR) is 83.4 cm³/mol. The normalized spacial score (nSPS) is 9.76. The van der Waals surface area contributed by atoms with Gasteiger partial charge in [0.05, 0.1) is 6.54 Å². The smallest absolute Gasteiger partial charge is 0.255 e. The first-order valence-electron chi connectivity index (χ1n) is 6.60. The molecule has 2 aromatic carbocycles. The number of amides is 2. The standard InChI is InChI=1S/C16H17N3O2/c1-17-15(20)11-18-13-9-7-12(8-10-13)16(21)19-14-5-3-2-4-6-14/h2-10,18H,11H2,1H3,(H,17,20)(H,19,21). The first kappa shape index (κ1) is 14.6. The highest BCUT2D eigenvalue weighted by molar-refractivity contribution is 6.04. The summed E-state index contributed by atoms with van der Waals surface area (Å²) in [5.74, 6) is -0.264. The summed E-state index contributed by atoms with van der Waals surface area (Å²) < 4.78 is 0. The van der Waals surface area contributed by atoms with Gasteiger partial charge in [-0.3, -0.25) is 9.59 Å². The van der Waals surface area contributed by atoms with Crippen molar-refractivity contribution in [1.82, 2.24) is 5.32 Å². The van der Waals surface area contributed by atoms with Crippen LogP contribution < -0.4 is 16.0 Å². The van der Waals surface area contributed by atoms with Crippen molar-refractivity contribution in [2.45, 2.75) is 0 Å². The third-order valence-electron chi connectivity index (χ3n) is 2.91. The van der Waals surface area contributed by atoms with Crippen LogP contribution in [0.4, 0.5) is 11.4 Å². The molecule has 3 N–H and O–H groups in total. The van der Waals surface area contributed by atoms with Crippen molar-refractivity contribution >= 4 is 23.2 Å². The Hall–Kier alpha value is -2.82. The van der Waals surface area contributed by atoms with Gasteiger partial charge in [-0.05, 0) is 36.4 Å². The number of para-hydroxylation sites is 1. The van der Waals surface area contributed by atoms with Crippen LogP contribution in [0.2, 0.25) is 0 Å². The molecule has 0 unspecified atom stereocenters. The fraction of sp³-hybridized carbons (Fsp3) is 0.125. The number of carbonyl (C=O) groups is 2. The first-order valence-corrected chi connectivity index (χ1v) is 6.60. The van der Waals surface area contributed by atoms with Crippen LogP contribution in [0.5, 0.6) is 0 Å². The molecule has 108 valence electrons. The maximum Gasteiger partial charge on any atom is 0.255 e. The van der Waals surface area contributed by atoms with Crippen molar-refractivity contribution < 1.29 is 9.59 Å². The zero-order chi connectivity index (χ0) is 15.1. The van der Waals surface area contributed by atoms with Gasteiger partial charge in [0.15, 0.2) is 0 Å². The SMILES string of the molecule is CNC(=O)CNc1ccc(C(=O)Nc2ccccc2)cc1. The van der Waals surface area contributed by atoms with E-state index in [1.165, 1.54) is 0 Å². The second kappa shape index (κ2) is 7.09. The molecule has 5 nitrogen and oxygen atoms in total. The second-order valence-electron chi connectivity index (χ2n) is 4.42. The maximum absolute atomic E-state index is 12.0. The van der Waals surface area contributed by atoms with Crippen molar-refractivity contribution in [2.24, 2.45) is 0 Å². The van der Waals surface area contributed by atoms with Gasteiger partial charge in [0.25, 0.3) is 5.91 Å². The molecule has 5 heteroatoms. The van der Waals surface area contributed by atoms with E-state index < -0.39 is 0 Å². The Kier molecular flexibility index (Phi) is 4.93. The monoisotopic (exact) mass is 283 g/mol. The van der Waals surface area contributed by atoms with Gasteiger partial charge in [-0.25, -0.2) is 0 Å². The highest BCUT2D eigenvalue weighted by Gasteiger charge is 2.06. The van der Waals surface area contributed by atoms with Crippen LogP contribution in [0.3, 0.4) is 0 Å². The molecule has 0 saturated heterocycles. The zero-order valence-electron chi connectivity index (χ0n) is 11.7. The Balaban J connectivity index is 1.95. The van der Waals surface area contributed by atoms with E-state index in [2.05, 4.69) is 16.0 Å². The summed E-state index contributed by atoms with van der Waals surface area (Å²) in [7, 11) is 1.58. The molecule has 0 spiro atoms. The van der Waals surface area contributed by atoms with Crippen molar-refractivity contribution in [2.75, 3.05) is 24.2 Å². The van der Waals surface area contributed by atoms with Crippen LogP contribution in [0.25, 0.3) is 0 Å². The van der Waals surface area contributed by atoms with E-state index in [1.807, 2.05) is 30.3 Å². The Labute approximate surface area is 123 Å². The van der Waals surface area contributed by atoms with Crippen molar-refractivity contribution in [3.05, 3.63) is 60.2 Å². The van der Waals surface area contributed by atoms with Gasteiger partial charge in [0.2, 0.25) is 5.91 Å². The molecular formula is C16H17N3O2. The summed E-state index contributed by atoms with van der Waals surface area (Å²) in [6.45, 7) is 0.200. The van der Waals surface area contributed by atoms with E-state index in [1.54, 1.807) is 31.3 Å². The number of benzene rings is 2. The molecule has 21 heavy (non-hydrogen) atoms. The van der Waals surface area contributed by atoms with Gasteiger partial charge < -0.3 is 16.0 Å². The fourth-order valence-electron chi connectivity index (χ4n) is 1.73. The van der Waals surface area contributed by atoms with Crippen LogP contribution in [0.15, 0.2) is 54.6 Å². The molecule has 0 aliphatic heterocycles. The Bertz CT molecular complexity index is 609. The lowest BCUT2D eigenvalue weighted by Gasteiger charge is -2.07. The summed E-state index contributed by atoms with van der Waals surface area (Å²) in [5, 5.41) is 8.31. The van der Waals surface area contributed by atoms with Crippen LogP contribution in [-0.2, 0) is 4.79 Å². The molecule has 0 bridgehead atoms. The minimum absolute atomic E-state index is 0.0964. The van der Waals surface area contributed by atoms with Crippen molar-refractivity contribution in [3.8, 4) is 0 Å². The third kappa shape index (κ3) is 4.35. The molecule has 0 aromatic heterocycles. The van der Waals surface area contributed by atoms with Crippen LogP contribution in [0.1, 0.15) is 10.4 Å². The highest BCUT2D eigenvalue weighted by atomic mass is 16.2. The number of nitrogens with one attached hydrogen (secondary N) is 3. The molecule has 0 heterocycles. The second-order valence-corrected chi connectivity index (χ2v) is 4.42. The fourth-order valence-corrected chi connectivity index (χ4v) is 1.73. The molecule has 0 aliphatic carbocycles. The largest absolute Gasteiger partial charge is 0.376 e. The van der Waals surface area contributed by atoms with E-state index in [9.17, 15) is 9.59 Å². The molecule has 2 aromatic rings. The number of hydrogen-bond donors (Lipinski definition) is 3. The Morgan fingerprint density at radius 3 is 2.19 bits per heavy atom. The maximum atomic E-state index is 12.0. The minimum atomic E-state index is -0.168. The topological polar surface area (TPSA) is 70.2 Å². The quantitative estimate of drug-likeness (QED) is 0.787. The van der Waals surface area contributed by atoms with E-state index in [0.29, 0.717) is 5.56 Å². The van der Waals surface area contributed by atoms with E-state index in [4.69, 9.17) is 0 Å². The lowest BCUT2D eigenvalue weighted by Crippen LogP contribution is -2.26. The lowest BCUT2D eigenvalue weighted by atomic mass is 10.2. The average Bonchev–Trinajstić information content (AvgIpc) is 2.54. The van der Waals surface area contributed by atoms with Gasteiger partial charge in [-0.2, -0.15) is 0 Å². The number of anilines is 2.